The van der Waals surface area contributed by atoms with Crippen molar-refractivity contribution in [2.24, 2.45) is 5.41 Å². The molecule has 0 radical (unpaired) electrons. The van der Waals surface area contributed by atoms with Crippen LogP contribution in [0.5, 0.6) is 5.75 Å². The van der Waals surface area contributed by atoms with Gasteiger partial charge >= 0.3 is 0 Å². The molecule has 1 N–H and O–H groups in total. The molecule has 0 aliphatic rings. The highest BCUT2D eigenvalue weighted by atomic mass is 16.5. The second kappa shape index (κ2) is 6.02. The van der Waals surface area contributed by atoms with E-state index in [9.17, 15) is 9.90 Å². The van der Waals surface area contributed by atoms with Gasteiger partial charge in [-0.05, 0) is 7.05 Å². The van der Waals surface area contributed by atoms with Gasteiger partial charge in [0.2, 0.25) is 11.2 Å². The van der Waals surface area contributed by atoms with E-state index in [4.69, 9.17) is 9.15 Å². The molecule has 0 saturated carbocycles. The van der Waals surface area contributed by atoms with Crippen LogP contribution in [0.1, 0.15) is 19.6 Å². The highest BCUT2D eigenvalue weighted by Gasteiger charge is 2.19. The third kappa shape index (κ3) is 4.16. The van der Waals surface area contributed by atoms with Gasteiger partial charge in [-0.25, -0.2) is 0 Å². The fourth-order valence-corrected chi connectivity index (χ4v) is 1.77. The van der Waals surface area contributed by atoms with Crippen LogP contribution in [0.3, 0.4) is 0 Å². The van der Waals surface area contributed by atoms with Crippen molar-refractivity contribution in [2.45, 2.75) is 20.4 Å². The highest BCUT2D eigenvalue weighted by molar-refractivity contribution is 5.17. The fraction of sp³-hybridized carbons (Fsp3) is 0.615. The van der Waals surface area contributed by atoms with E-state index in [0.717, 1.165) is 0 Å². The Kier molecular flexibility index (Phi) is 4.93. The van der Waals surface area contributed by atoms with E-state index < -0.39 is 0 Å². The van der Waals surface area contributed by atoms with Gasteiger partial charge in [-0.1, -0.05) is 13.8 Å². The normalized spacial score (nSPS) is 11.9. The molecule has 5 nitrogen and oxygen atoms in total. The molecule has 5 heteroatoms. The van der Waals surface area contributed by atoms with Gasteiger partial charge in [-0.3, -0.25) is 9.69 Å². The molecule has 0 saturated heterocycles. The van der Waals surface area contributed by atoms with Gasteiger partial charge in [-0.2, -0.15) is 0 Å². The van der Waals surface area contributed by atoms with Gasteiger partial charge in [0, 0.05) is 24.6 Å². The zero-order valence-electron chi connectivity index (χ0n) is 11.4. The van der Waals surface area contributed by atoms with Gasteiger partial charge in [0.25, 0.3) is 0 Å². The van der Waals surface area contributed by atoms with Crippen molar-refractivity contribution in [1.82, 2.24) is 4.90 Å². The fourth-order valence-electron chi connectivity index (χ4n) is 1.77. The summed E-state index contributed by atoms with van der Waals surface area (Å²) >= 11 is 0. The second-order valence-corrected chi connectivity index (χ2v) is 5.27. The minimum atomic E-state index is -0.187. The largest absolute Gasteiger partial charge is 0.490 e. The number of hydrogen-bond acceptors (Lipinski definition) is 5. The molecule has 0 unspecified atom stereocenters. The van der Waals surface area contributed by atoms with Crippen molar-refractivity contribution >= 4 is 0 Å². The Bertz CT molecular complexity index is 439. The smallest absolute Gasteiger partial charge is 0.227 e. The van der Waals surface area contributed by atoms with E-state index in [-0.39, 0.29) is 23.2 Å². The summed E-state index contributed by atoms with van der Waals surface area (Å²) in [6, 6.07) is 1.43. The Morgan fingerprint density at radius 3 is 2.67 bits per heavy atom. The average Bonchev–Trinajstić information content (AvgIpc) is 2.28. The first-order chi connectivity index (χ1) is 8.38. The van der Waals surface area contributed by atoms with Crippen LogP contribution in [0.25, 0.3) is 0 Å². The summed E-state index contributed by atoms with van der Waals surface area (Å²) in [6.45, 7) is 5.30. The van der Waals surface area contributed by atoms with E-state index in [1.165, 1.54) is 19.4 Å². The summed E-state index contributed by atoms with van der Waals surface area (Å²) < 4.78 is 10.2. The average molecular weight is 255 g/mol. The highest BCUT2D eigenvalue weighted by Crippen LogP contribution is 2.16. The molecule has 1 aromatic heterocycles. The Morgan fingerprint density at radius 1 is 1.50 bits per heavy atom. The number of methoxy groups -OCH3 is 1. The maximum Gasteiger partial charge on any atom is 0.227 e. The molecule has 1 rings (SSSR count). The summed E-state index contributed by atoms with van der Waals surface area (Å²) in [7, 11) is 3.35. The standard InChI is InChI=1S/C13H21NO4/c1-13(2,9-15)8-14(3)6-10-5-11(16)12(17-4)7-18-10/h5,7,15H,6,8-9H2,1-4H3. The number of ether oxygens (including phenoxy) is 1. The number of hydrogen-bond donors (Lipinski definition) is 1. The lowest BCUT2D eigenvalue weighted by molar-refractivity contribution is 0.109. The Morgan fingerprint density at radius 2 is 2.17 bits per heavy atom. The third-order valence-electron chi connectivity index (χ3n) is 2.62. The monoisotopic (exact) mass is 255 g/mol. The molecule has 1 aromatic rings. The molecule has 102 valence electrons. The quantitative estimate of drug-likeness (QED) is 0.824. The summed E-state index contributed by atoms with van der Waals surface area (Å²) in [5, 5.41) is 9.20. The Hall–Kier alpha value is -1.33. The van der Waals surface area contributed by atoms with Crippen LogP contribution in [-0.4, -0.2) is 37.3 Å². The molecule has 0 fully saturated rings. The summed E-state index contributed by atoms with van der Waals surface area (Å²) in [4.78, 5) is 13.6. The molecule has 1 heterocycles. The van der Waals surface area contributed by atoms with E-state index >= 15 is 0 Å². The number of nitrogens with zero attached hydrogens (tertiary/aromatic N) is 1. The van der Waals surface area contributed by atoms with Crippen LogP contribution >= 0.6 is 0 Å². The van der Waals surface area contributed by atoms with Crippen molar-refractivity contribution in [3.63, 3.8) is 0 Å². The Balaban J connectivity index is 2.68. The van der Waals surface area contributed by atoms with Crippen LogP contribution in [0.4, 0.5) is 0 Å². The molecule has 0 aliphatic carbocycles. The predicted octanol–water partition coefficient (Wildman–Crippen LogP) is 1.10. The molecule has 0 aromatic carbocycles. The second-order valence-electron chi connectivity index (χ2n) is 5.27. The van der Waals surface area contributed by atoms with E-state index in [0.29, 0.717) is 18.8 Å². The lowest BCUT2D eigenvalue weighted by Crippen LogP contribution is -2.33. The van der Waals surface area contributed by atoms with Crippen molar-refractivity contribution in [1.29, 1.82) is 0 Å². The molecule has 0 bridgehead atoms. The van der Waals surface area contributed by atoms with Gasteiger partial charge in [0.05, 0.1) is 13.7 Å². The Labute approximate surface area is 107 Å². The molecule has 0 aliphatic heterocycles. The molecule has 0 amide bonds. The van der Waals surface area contributed by atoms with Crippen LogP contribution in [-0.2, 0) is 6.54 Å². The van der Waals surface area contributed by atoms with Crippen molar-refractivity contribution in [3.05, 3.63) is 28.3 Å². The molecule has 0 spiro atoms. The summed E-state index contributed by atoms with van der Waals surface area (Å²) in [6.07, 6.45) is 1.32. The van der Waals surface area contributed by atoms with Crippen molar-refractivity contribution < 1.29 is 14.3 Å². The maximum absolute atomic E-state index is 11.6. The first-order valence-electron chi connectivity index (χ1n) is 5.83. The predicted molar refractivity (Wildman–Crippen MR) is 68.7 cm³/mol. The summed E-state index contributed by atoms with van der Waals surface area (Å²) in [5.41, 5.74) is -0.366. The van der Waals surface area contributed by atoms with Crippen LogP contribution in [0.15, 0.2) is 21.5 Å². The van der Waals surface area contributed by atoms with Crippen molar-refractivity contribution in [3.8, 4) is 5.75 Å². The topological polar surface area (TPSA) is 62.9 Å². The van der Waals surface area contributed by atoms with E-state index in [2.05, 4.69) is 0 Å². The van der Waals surface area contributed by atoms with E-state index in [1.807, 2.05) is 25.8 Å². The SMILES string of the molecule is COc1coc(CN(C)CC(C)(C)CO)cc1=O. The zero-order chi connectivity index (χ0) is 13.8. The molecule has 18 heavy (non-hydrogen) atoms. The zero-order valence-corrected chi connectivity index (χ0v) is 11.4. The first-order valence-corrected chi connectivity index (χ1v) is 5.83. The first kappa shape index (κ1) is 14.7. The minimum Gasteiger partial charge on any atom is -0.490 e. The molecular formula is C13H21NO4. The van der Waals surface area contributed by atoms with Gasteiger partial charge in [-0.15, -0.1) is 0 Å². The van der Waals surface area contributed by atoms with Gasteiger partial charge in [0.1, 0.15) is 12.0 Å². The molecule has 0 atom stereocenters. The number of aliphatic hydroxyl groups excluding tert-OH is 1. The minimum absolute atomic E-state index is 0.115. The van der Waals surface area contributed by atoms with Crippen LogP contribution in [0, 0.1) is 5.41 Å². The molecular weight excluding hydrogens is 234 g/mol. The van der Waals surface area contributed by atoms with Gasteiger partial charge in [0.15, 0.2) is 0 Å². The lowest BCUT2D eigenvalue weighted by atomic mass is 9.94. The van der Waals surface area contributed by atoms with E-state index in [1.54, 1.807) is 0 Å². The lowest BCUT2D eigenvalue weighted by Gasteiger charge is -2.27. The van der Waals surface area contributed by atoms with Gasteiger partial charge < -0.3 is 14.3 Å². The van der Waals surface area contributed by atoms with Crippen LogP contribution < -0.4 is 10.2 Å². The van der Waals surface area contributed by atoms with Crippen LogP contribution in [0.2, 0.25) is 0 Å². The summed E-state index contributed by atoms with van der Waals surface area (Å²) in [5.74, 6) is 0.786. The number of aliphatic hydroxyl groups is 1. The number of rotatable bonds is 6. The van der Waals surface area contributed by atoms with Crippen molar-refractivity contribution in [2.75, 3.05) is 27.3 Å². The maximum atomic E-state index is 11.6. The third-order valence-corrected chi connectivity index (χ3v) is 2.62.